The Bertz CT molecular complexity index is 2510. The number of nitrogens with zero attached hydrogens (tertiary/aromatic N) is 3. The molecule has 9 rings (SSSR count). The third-order valence-electron chi connectivity index (χ3n) is 8.95. The highest BCUT2D eigenvalue weighted by atomic mass is 19.1. The van der Waals surface area contributed by atoms with Crippen LogP contribution in [0.3, 0.4) is 0 Å². The van der Waals surface area contributed by atoms with Gasteiger partial charge in [-0.05, 0) is 86.8 Å². The maximum atomic E-state index is 14.4. The summed E-state index contributed by atoms with van der Waals surface area (Å²) >= 11 is 0. The molecule has 5 aromatic carbocycles. The molecule has 0 bridgehead atoms. The first kappa shape index (κ1) is 26.3. The summed E-state index contributed by atoms with van der Waals surface area (Å²) in [6.07, 6.45) is 7.57. The minimum atomic E-state index is -0.354. The molecule has 218 valence electrons. The molecule has 4 heterocycles. The Balaban J connectivity index is 1.15. The Morgan fingerprint density at radius 2 is 1.39 bits per heavy atom. The van der Waals surface area contributed by atoms with Crippen LogP contribution in [0.5, 0.6) is 0 Å². The van der Waals surface area contributed by atoms with Crippen molar-refractivity contribution in [2.75, 3.05) is 0 Å². The van der Waals surface area contributed by atoms with Crippen molar-refractivity contribution in [3.8, 4) is 5.69 Å². The smallest absolute Gasteiger partial charge is 0.143 e. The van der Waals surface area contributed by atoms with Crippen LogP contribution in [0.4, 0.5) is 4.39 Å². The van der Waals surface area contributed by atoms with Gasteiger partial charge in [-0.1, -0.05) is 84.9 Å². The number of pyridine rings is 2. The quantitative estimate of drug-likeness (QED) is 0.206. The Hall–Kier alpha value is -6.07. The van der Waals surface area contributed by atoms with Gasteiger partial charge in [-0.25, -0.2) is 4.39 Å². The van der Waals surface area contributed by atoms with Gasteiger partial charge >= 0.3 is 0 Å². The number of allylic oxidation sites excluding steroid dienone is 2. The molecule has 0 fully saturated rings. The van der Waals surface area contributed by atoms with Gasteiger partial charge in [0.05, 0.1) is 34.5 Å². The second-order valence-corrected chi connectivity index (χ2v) is 11.7. The molecule has 5 heteroatoms. The van der Waals surface area contributed by atoms with Gasteiger partial charge in [-0.2, -0.15) is 0 Å². The van der Waals surface area contributed by atoms with E-state index in [1.54, 1.807) is 6.07 Å². The van der Waals surface area contributed by atoms with Crippen molar-refractivity contribution in [3.05, 3.63) is 175 Å². The van der Waals surface area contributed by atoms with E-state index in [4.69, 9.17) is 0 Å². The minimum absolute atomic E-state index is 0.102. The zero-order valence-corrected chi connectivity index (χ0v) is 24.7. The summed E-state index contributed by atoms with van der Waals surface area (Å²) in [6, 6.07) is 43.6. The van der Waals surface area contributed by atoms with Crippen molar-refractivity contribution in [1.82, 2.24) is 19.9 Å². The van der Waals surface area contributed by atoms with Gasteiger partial charge in [-0.3, -0.25) is 9.97 Å². The van der Waals surface area contributed by atoms with Crippen LogP contribution in [0.1, 0.15) is 22.9 Å². The van der Waals surface area contributed by atoms with Crippen molar-refractivity contribution < 1.29 is 4.39 Å². The molecular formula is C41H27FN4. The van der Waals surface area contributed by atoms with Crippen molar-refractivity contribution in [2.24, 2.45) is 0 Å². The topological polar surface area (TPSA) is 42.7 Å². The molecule has 8 aromatic rings. The minimum Gasteiger partial charge on any atom is -0.373 e. The van der Waals surface area contributed by atoms with Crippen LogP contribution in [0, 0.1) is 5.82 Å². The van der Waals surface area contributed by atoms with Crippen LogP contribution in [0.2, 0.25) is 0 Å². The lowest BCUT2D eigenvalue weighted by Crippen LogP contribution is -2.22. The van der Waals surface area contributed by atoms with Crippen molar-refractivity contribution in [1.29, 1.82) is 0 Å². The van der Waals surface area contributed by atoms with Crippen molar-refractivity contribution >= 4 is 54.8 Å². The SMILES string of the molecule is Fc1cnc2c3ccccc3n(-c3ccc(C4=CC(c5ccccn5)NC(c5ccc6c(ccc7ccccc76)c5)=C4)cc3)c2c1. The largest absolute Gasteiger partial charge is 0.373 e. The molecule has 0 saturated heterocycles. The van der Waals surface area contributed by atoms with Gasteiger partial charge in [0.1, 0.15) is 5.82 Å². The van der Waals surface area contributed by atoms with E-state index >= 15 is 0 Å². The van der Waals surface area contributed by atoms with E-state index in [1.165, 1.54) is 27.7 Å². The standard InChI is InChI=1S/C41H27FN4/c42-31-24-40-41(44-25-31)35-9-3-4-11-39(35)46(40)32-17-14-26(15-18-32)30-22-37(45-38(23-30)36-10-5-6-20-43-36)29-16-19-34-28(21-29)13-12-27-7-1-2-8-33(27)34/h1-25,38,45H. The summed E-state index contributed by atoms with van der Waals surface area (Å²) in [5.41, 5.74) is 8.77. The van der Waals surface area contributed by atoms with E-state index in [-0.39, 0.29) is 11.9 Å². The molecule has 46 heavy (non-hydrogen) atoms. The number of fused-ring (bicyclic) bond motifs is 6. The summed E-state index contributed by atoms with van der Waals surface area (Å²) < 4.78 is 16.5. The van der Waals surface area contributed by atoms with Crippen molar-refractivity contribution in [3.63, 3.8) is 0 Å². The highest BCUT2D eigenvalue weighted by Crippen LogP contribution is 2.35. The Labute approximate surface area is 264 Å². The first-order chi connectivity index (χ1) is 22.7. The maximum absolute atomic E-state index is 14.4. The average molecular weight is 595 g/mol. The summed E-state index contributed by atoms with van der Waals surface area (Å²) in [4.78, 5) is 9.11. The van der Waals surface area contributed by atoms with Crippen molar-refractivity contribution in [2.45, 2.75) is 6.04 Å². The van der Waals surface area contributed by atoms with Crippen LogP contribution >= 0.6 is 0 Å². The van der Waals surface area contributed by atoms with Gasteiger partial charge in [0.25, 0.3) is 0 Å². The predicted octanol–water partition coefficient (Wildman–Crippen LogP) is 9.79. The third-order valence-corrected chi connectivity index (χ3v) is 8.95. The molecule has 1 N–H and O–H groups in total. The van der Waals surface area contributed by atoms with E-state index in [1.807, 2.05) is 36.5 Å². The van der Waals surface area contributed by atoms with Crippen LogP contribution in [-0.4, -0.2) is 14.5 Å². The molecule has 1 aliphatic heterocycles. The van der Waals surface area contributed by atoms with E-state index in [0.717, 1.165) is 55.7 Å². The first-order valence-electron chi connectivity index (χ1n) is 15.4. The molecule has 1 aliphatic rings. The second-order valence-electron chi connectivity index (χ2n) is 11.7. The third kappa shape index (κ3) is 4.36. The van der Waals surface area contributed by atoms with E-state index < -0.39 is 0 Å². The highest BCUT2D eigenvalue weighted by Gasteiger charge is 2.20. The molecule has 0 saturated carbocycles. The summed E-state index contributed by atoms with van der Waals surface area (Å²) in [6.45, 7) is 0. The number of nitrogens with one attached hydrogen (secondary N) is 1. The van der Waals surface area contributed by atoms with Gasteiger partial charge in [0, 0.05) is 29.0 Å². The molecular weight excluding hydrogens is 567 g/mol. The molecule has 1 atom stereocenters. The molecule has 3 aromatic heterocycles. The number of hydrogen-bond donors (Lipinski definition) is 1. The summed E-state index contributed by atoms with van der Waals surface area (Å²) in [5, 5.41) is 9.68. The van der Waals surface area contributed by atoms with Crippen LogP contribution in [0.25, 0.3) is 60.4 Å². The number of rotatable bonds is 4. The van der Waals surface area contributed by atoms with E-state index in [2.05, 4.69) is 123 Å². The average Bonchev–Trinajstić information content (AvgIpc) is 3.45. The lowest BCUT2D eigenvalue weighted by atomic mass is 9.93. The Morgan fingerprint density at radius 1 is 0.630 bits per heavy atom. The maximum Gasteiger partial charge on any atom is 0.143 e. The van der Waals surface area contributed by atoms with Crippen LogP contribution < -0.4 is 5.32 Å². The normalized spacial score (nSPS) is 14.8. The van der Waals surface area contributed by atoms with E-state index in [9.17, 15) is 4.39 Å². The van der Waals surface area contributed by atoms with Crippen LogP contribution in [0.15, 0.2) is 152 Å². The summed E-state index contributed by atoms with van der Waals surface area (Å²) in [7, 11) is 0. The lowest BCUT2D eigenvalue weighted by molar-refractivity contribution is 0.624. The highest BCUT2D eigenvalue weighted by molar-refractivity contribution is 6.08. The molecule has 0 radical (unpaired) electrons. The Kier molecular flexibility index (Phi) is 6.03. The number of halogens is 1. The predicted molar refractivity (Wildman–Crippen MR) is 186 cm³/mol. The Morgan fingerprint density at radius 3 is 2.26 bits per heavy atom. The van der Waals surface area contributed by atoms with Gasteiger partial charge in [-0.15, -0.1) is 0 Å². The number of dihydropyridines is 1. The monoisotopic (exact) mass is 594 g/mol. The fourth-order valence-electron chi connectivity index (χ4n) is 6.77. The lowest BCUT2D eigenvalue weighted by Gasteiger charge is -2.25. The number of hydrogen-bond acceptors (Lipinski definition) is 3. The zero-order valence-electron chi connectivity index (χ0n) is 24.7. The van der Waals surface area contributed by atoms with Gasteiger partial charge in [0.2, 0.25) is 0 Å². The van der Waals surface area contributed by atoms with Gasteiger partial charge in [0.15, 0.2) is 0 Å². The fraction of sp³-hybridized carbons (Fsp3) is 0.0244. The molecule has 1 unspecified atom stereocenters. The fourth-order valence-corrected chi connectivity index (χ4v) is 6.77. The summed E-state index contributed by atoms with van der Waals surface area (Å²) in [5.74, 6) is -0.354. The zero-order chi connectivity index (χ0) is 30.6. The van der Waals surface area contributed by atoms with E-state index in [0.29, 0.717) is 0 Å². The number of benzene rings is 5. The number of para-hydroxylation sites is 1. The molecule has 0 aliphatic carbocycles. The van der Waals surface area contributed by atoms with Gasteiger partial charge < -0.3 is 9.88 Å². The van der Waals surface area contributed by atoms with Crippen LogP contribution in [-0.2, 0) is 0 Å². The molecule has 0 spiro atoms. The molecule has 0 amide bonds. The number of aromatic nitrogens is 3. The first-order valence-corrected chi connectivity index (χ1v) is 15.4. The molecule has 4 nitrogen and oxygen atoms in total. The second kappa shape index (κ2) is 10.5.